The van der Waals surface area contributed by atoms with E-state index in [2.05, 4.69) is 15.6 Å². The van der Waals surface area contributed by atoms with Gasteiger partial charge in [0, 0.05) is 30.5 Å². The van der Waals surface area contributed by atoms with Crippen molar-refractivity contribution < 1.29 is 14.3 Å². The van der Waals surface area contributed by atoms with Crippen molar-refractivity contribution in [2.24, 2.45) is 0 Å². The van der Waals surface area contributed by atoms with Crippen LogP contribution in [0.15, 0.2) is 36.7 Å². The first kappa shape index (κ1) is 19.7. The minimum absolute atomic E-state index is 0.257. The summed E-state index contributed by atoms with van der Waals surface area (Å²) >= 11 is 5.97. The number of aromatic nitrogens is 1. The van der Waals surface area contributed by atoms with Gasteiger partial charge in [-0.05, 0) is 38.4 Å². The van der Waals surface area contributed by atoms with Gasteiger partial charge in [0.25, 0.3) is 11.8 Å². The lowest BCUT2D eigenvalue weighted by Crippen LogP contribution is -2.31. The third-order valence-electron chi connectivity index (χ3n) is 3.52. The van der Waals surface area contributed by atoms with Crippen LogP contribution in [-0.4, -0.2) is 56.0 Å². The fourth-order valence-corrected chi connectivity index (χ4v) is 2.33. The second-order valence-electron chi connectivity index (χ2n) is 5.82. The highest BCUT2D eigenvalue weighted by atomic mass is 35.5. The molecule has 2 amide bonds. The second-order valence-corrected chi connectivity index (χ2v) is 6.26. The molecule has 0 aliphatic carbocycles. The Bertz CT molecular complexity index is 796. The van der Waals surface area contributed by atoms with Crippen LogP contribution in [0.3, 0.4) is 0 Å². The molecule has 2 rings (SSSR count). The molecule has 2 aromatic rings. The number of carbonyl (C=O) groups excluding carboxylic acids is 2. The summed E-state index contributed by atoms with van der Waals surface area (Å²) in [7, 11) is 5.34. The monoisotopic (exact) mass is 376 g/mol. The number of carbonyl (C=O) groups is 2. The smallest absolute Gasteiger partial charge is 0.257 e. The number of amides is 2. The molecule has 26 heavy (non-hydrogen) atoms. The van der Waals surface area contributed by atoms with Gasteiger partial charge in [0.1, 0.15) is 5.75 Å². The number of ether oxygens (including phenoxy) is 1. The van der Waals surface area contributed by atoms with Crippen molar-refractivity contribution in [1.82, 2.24) is 15.2 Å². The number of hydrogen-bond acceptors (Lipinski definition) is 5. The molecule has 7 nitrogen and oxygen atoms in total. The van der Waals surface area contributed by atoms with Crippen LogP contribution in [0, 0.1) is 0 Å². The van der Waals surface area contributed by atoms with E-state index in [1.165, 1.54) is 25.6 Å². The lowest BCUT2D eigenvalue weighted by atomic mass is 10.1. The number of pyridine rings is 1. The number of anilines is 1. The average molecular weight is 377 g/mol. The predicted molar refractivity (Wildman–Crippen MR) is 101 cm³/mol. The van der Waals surface area contributed by atoms with Crippen molar-refractivity contribution >= 4 is 29.1 Å². The number of nitrogens with one attached hydrogen (secondary N) is 2. The van der Waals surface area contributed by atoms with Gasteiger partial charge in [-0.3, -0.25) is 14.6 Å². The maximum absolute atomic E-state index is 12.5. The first-order valence-electron chi connectivity index (χ1n) is 7.93. The molecule has 0 saturated carbocycles. The van der Waals surface area contributed by atoms with Crippen molar-refractivity contribution in [2.75, 3.05) is 39.6 Å². The predicted octanol–water partition coefficient (Wildman–Crippen LogP) is 2.29. The van der Waals surface area contributed by atoms with Gasteiger partial charge in [-0.25, -0.2) is 0 Å². The first-order valence-corrected chi connectivity index (χ1v) is 8.31. The zero-order valence-electron chi connectivity index (χ0n) is 14.9. The lowest BCUT2D eigenvalue weighted by Gasteiger charge is -2.12. The Morgan fingerprint density at radius 1 is 1.15 bits per heavy atom. The molecule has 1 aromatic heterocycles. The fraction of sp³-hybridized carbons (Fsp3) is 0.278. The molecule has 0 fully saturated rings. The topological polar surface area (TPSA) is 83.6 Å². The normalized spacial score (nSPS) is 10.5. The summed E-state index contributed by atoms with van der Waals surface area (Å²) in [5.41, 5.74) is 1.01. The molecule has 0 bridgehead atoms. The Balaban J connectivity index is 2.10. The van der Waals surface area contributed by atoms with Crippen LogP contribution in [0.25, 0.3) is 0 Å². The van der Waals surface area contributed by atoms with Gasteiger partial charge in [-0.2, -0.15) is 0 Å². The molecule has 8 heteroatoms. The third kappa shape index (κ3) is 5.44. The highest BCUT2D eigenvalue weighted by Gasteiger charge is 2.13. The van der Waals surface area contributed by atoms with E-state index in [4.69, 9.17) is 16.3 Å². The third-order valence-corrected chi connectivity index (χ3v) is 3.75. The van der Waals surface area contributed by atoms with Crippen LogP contribution < -0.4 is 15.4 Å². The van der Waals surface area contributed by atoms with Crippen molar-refractivity contribution in [2.45, 2.75) is 0 Å². The Labute approximate surface area is 157 Å². The van der Waals surface area contributed by atoms with E-state index in [1.807, 2.05) is 19.0 Å². The van der Waals surface area contributed by atoms with Crippen LogP contribution in [0.1, 0.15) is 20.7 Å². The average Bonchev–Trinajstić information content (AvgIpc) is 2.61. The van der Waals surface area contributed by atoms with Crippen LogP contribution in [0.5, 0.6) is 5.75 Å². The maximum Gasteiger partial charge on any atom is 0.257 e. The SMILES string of the molecule is COc1ccc(Cl)cc1NC(=O)c1cncc(C(=O)NCCN(C)C)c1. The molecule has 0 aliphatic rings. The molecule has 0 spiro atoms. The highest BCUT2D eigenvalue weighted by molar-refractivity contribution is 6.31. The number of halogens is 1. The first-order chi connectivity index (χ1) is 12.4. The molecular weight excluding hydrogens is 356 g/mol. The largest absolute Gasteiger partial charge is 0.495 e. The van der Waals surface area contributed by atoms with Gasteiger partial charge >= 0.3 is 0 Å². The van der Waals surface area contributed by atoms with E-state index in [-0.39, 0.29) is 11.5 Å². The zero-order valence-corrected chi connectivity index (χ0v) is 15.6. The summed E-state index contributed by atoms with van der Waals surface area (Å²) in [6, 6.07) is 6.40. The second kappa shape index (κ2) is 9.17. The van der Waals surface area contributed by atoms with Gasteiger partial charge < -0.3 is 20.3 Å². The number of methoxy groups -OCH3 is 1. The molecule has 2 N–H and O–H groups in total. The Kier molecular flexibility index (Phi) is 6.94. The summed E-state index contributed by atoms with van der Waals surface area (Å²) < 4.78 is 5.21. The Morgan fingerprint density at radius 3 is 2.50 bits per heavy atom. The van der Waals surface area contributed by atoms with E-state index in [0.717, 1.165) is 0 Å². The van der Waals surface area contributed by atoms with E-state index in [9.17, 15) is 9.59 Å². The number of rotatable bonds is 7. The molecule has 0 atom stereocenters. The van der Waals surface area contributed by atoms with Crippen molar-refractivity contribution in [3.05, 3.63) is 52.8 Å². The molecular formula is C18H21ClN4O3. The van der Waals surface area contributed by atoms with E-state index in [1.54, 1.807) is 18.2 Å². The Morgan fingerprint density at radius 2 is 1.85 bits per heavy atom. The summed E-state index contributed by atoms with van der Waals surface area (Å²) in [5.74, 6) is -0.219. The van der Waals surface area contributed by atoms with Crippen molar-refractivity contribution in [3.63, 3.8) is 0 Å². The van der Waals surface area contributed by atoms with E-state index in [0.29, 0.717) is 35.1 Å². The number of benzene rings is 1. The molecule has 0 aliphatic heterocycles. The number of hydrogen-bond donors (Lipinski definition) is 2. The highest BCUT2D eigenvalue weighted by Crippen LogP contribution is 2.28. The summed E-state index contributed by atoms with van der Waals surface area (Å²) in [6.45, 7) is 1.22. The lowest BCUT2D eigenvalue weighted by molar-refractivity contribution is 0.0950. The van der Waals surface area contributed by atoms with E-state index >= 15 is 0 Å². The fourth-order valence-electron chi connectivity index (χ4n) is 2.16. The van der Waals surface area contributed by atoms with Gasteiger partial charge in [-0.15, -0.1) is 0 Å². The standard InChI is InChI=1S/C18H21ClN4O3/c1-23(2)7-6-21-17(24)12-8-13(11-20-10-12)18(25)22-15-9-14(19)4-5-16(15)26-3/h4-5,8-11H,6-7H2,1-3H3,(H,21,24)(H,22,25). The molecule has 0 unspecified atom stereocenters. The van der Waals surface area contributed by atoms with Gasteiger partial charge in [0.15, 0.2) is 0 Å². The quantitative estimate of drug-likeness (QED) is 0.774. The minimum atomic E-state index is -0.416. The van der Waals surface area contributed by atoms with Gasteiger partial charge in [0.2, 0.25) is 0 Å². The molecule has 138 valence electrons. The Hall–Kier alpha value is -2.64. The van der Waals surface area contributed by atoms with Crippen LogP contribution in [-0.2, 0) is 0 Å². The molecule has 1 aromatic carbocycles. The summed E-state index contributed by atoms with van der Waals surface area (Å²) in [5, 5.41) is 5.96. The van der Waals surface area contributed by atoms with E-state index < -0.39 is 5.91 Å². The molecule has 0 saturated heterocycles. The van der Waals surface area contributed by atoms with Crippen LogP contribution in [0.2, 0.25) is 5.02 Å². The molecule has 1 heterocycles. The summed E-state index contributed by atoms with van der Waals surface area (Å²) in [6.07, 6.45) is 2.81. The minimum Gasteiger partial charge on any atom is -0.495 e. The zero-order chi connectivity index (χ0) is 19.1. The maximum atomic E-state index is 12.5. The van der Waals surface area contributed by atoms with Gasteiger partial charge in [-0.1, -0.05) is 11.6 Å². The number of nitrogens with zero attached hydrogens (tertiary/aromatic N) is 2. The van der Waals surface area contributed by atoms with Crippen LogP contribution >= 0.6 is 11.6 Å². The van der Waals surface area contributed by atoms with Crippen molar-refractivity contribution in [1.29, 1.82) is 0 Å². The van der Waals surface area contributed by atoms with Crippen molar-refractivity contribution in [3.8, 4) is 5.75 Å². The summed E-state index contributed by atoms with van der Waals surface area (Å²) in [4.78, 5) is 30.6. The molecule has 0 radical (unpaired) electrons. The number of likely N-dealkylation sites (N-methyl/N-ethyl adjacent to an activating group) is 1. The van der Waals surface area contributed by atoms with Gasteiger partial charge in [0.05, 0.1) is 23.9 Å². The van der Waals surface area contributed by atoms with Crippen LogP contribution in [0.4, 0.5) is 5.69 Å².